The van der Waals surface area contributed by atoms with E-state index in [1.165, 1.54) is 5.01 Å². The van der Waals surface area contributed by atoms with Crippen LogP contribution in [0.15, 0.2) is 35.4 Å². The fraction of sp³-hybridized carbons (Fsp3) is 0.400. The minimum atomic E-state index is -0.643. The number of nitrogens with two attached hydrogens (primary N) is 1. The summed E-state index contributed by atoms with van der Waals surface area (Å²) in [4.78, 5) is 23.6. The Balaban J connectivity index is 1.75. The summed E-state index contributed by atoms with van der Waals surface area (Å²) in [6.07, 6.45) is 2.41. The van der Waals surface area contributed by atoms with E-state index in [0.29, 0.717) is 12.5 Å². The smallest absolute Gasteiger partial charge is 0.354 e. The molecule has 21 heavy (non-hydrogen) atoms. The van der Waals surface area contributed by atoms with Gasteiger partial charge in [-0.25, -0.2) is 4.79 Å². The number of primary amides is 1. The van der Waals surface area contributed by atoms with Crippen molar-refractivity contribution in [3.63, 3.8) is 0 Å². The van der Waals surface area contributed by atoms with E-state index in [4.69, 9.17) is 10.5 Å². The minimum Gasteiger partial charge on any atom is -0.461 e. The molecule has 0 radical (unpaired) electrons. The second-order valence-electron chi connectivity index (χ2n) is 5.39. The monoisotopic (exact) mass is 287 g/mol. The number of ether oxygens (including phenoxy) is 1. The summed E-state index contributed by atoms with van der Waals surface area (Å²) in [7, 11) is 0. The number of hydrogen-bond acceptors (Lipinski definition) is 5. The quantitative estimate of drug-likeness (QED) is 0.821. The van der Waals surface area contributed by atoms with E-state index in [0.717, 1.165) is 18.5 Å². The van der Waals surface area contributed by atoms with Gasteiger partial charge in [0.2, 0.25) is 5.91 Å². The van der Waals surface area contributed by atoms with Crippen molar-refractivity contribution in [1.29, 1.82) is 0 Å². The van der Waals surface area contributed by atoms with E-state index in [-0.39, 0.29) is 12.1 Å². The number of carbonyl (C=O) groups excluding carboxylic acids is 2. The Bertz CT molecular complexity index is 581. The molecule has 1 amide bonds. The number of para-hydroxylation sites is 1. The molecule has 6 heteroatoms. The first-order valence-corrected chi connectivity index (χ1v) is 7.03. The van der Waals surface area contributed by atoms with Crippen LogP contribution in [0.1, 0.15) is 19.3 Å². The summed E-state index contributed by atoms with van der Waals surface area (Å²) in [6, 6.07) is 8.54. The second-order valence-corrected chi connectivity index (χ2v) is 5.39. The van der Waals surface area contributed by atoms with Crippen molar-refractivity contribution in [3.8, 4) is 0 Å². The number of hydrazone groups is 1. The van der Waals surface area contributed by atoms with Crippen molar-refractivity contribution >= 4 is 23.3 Å². The molecule has 6 nitrogen and oxygen atoms in total. The van der Waals surface area contributed by atoms with Gasteiger partial charge in [0.05, 0.1) is 12.3 Å². The summed E-state index contributed by atoms with van der Waals surface area (Å²) in [5.41, 5.74) is 6.40. The molecule has 110 valence electrons. The number of hydrogen-bond donors (Lipinski definition) is 1. The van der Waals surface area contributed by atoms with E-state index in [1.54, 1.807) is 0 Å². The molecule has 0 bridgehead atoms. The third-order valence-corrected chi connectivity index (χ3v) is 3.64. The molecule has 2 N–H and O–H groups in total. The van der Waals surface area contributed by atoms with Crippen LogP contribution < -0.4 is 10.7 Å². The highest BCUT2D eigenvalue weighted by Crippen LogP contribution is 2.29. The zero-order valence-electron chi connectivity index (χ0n) is 11.6. The molecule has 1 fully saturated rings. The number of nitrogens with zero attached hydrogens (tertiary/aromatic N) is 2. The van der Waals surface area contributed by atoms with Crippen LogP contribution in [0.25, 0.3) is 0 Å². The average molecular weight is 287 g/mol. The molecule has 3 rings (SSSR count). The molecule has 0 aromatic heterocycles. The summed E-state index contributed by atoms with van der Waals surface area (Å²) in [5.74, 6) is -0.465. The van der Waals surface area contributed by atoms with Gasteiger partial charge in [0, 0.05) is 6.42 Å². The summed E-state index contributed by atoms with van der Waals surface area (Å²) in [5, 5.41) is 5.73. The minimum absolute atomic E-state index is 0.188. The molecular weight excluding hydrogens is 270 g/mol. The van der Waals surface area contributed by atoms with Crippen molar-refractivity contribution in [2.24, 2.45) is 16.8 Å². The molecule has 1 aliphatic heterocycles. The summed E-state index contributed by atoms with van der Waals surface area (Å²) in [6.45, 7) is 0.435. The van der Waals surface area contributed by atoms with Crippen molar-refractivity contribution in [3.05, 3.63) is 30.3 Å². The van der Waals surface area contributed by atoms with Gasteiger partial charge in [-0.05, 0) is 30.9 Å². The van der Waals surface area contributed by atoms with Crippen LogP contribution in [0.3, 0.4) is 0 Å². The van der Waals surface area contributed by atoms with Gasteiger partial charge in [0.25, 0.3) is 0 Å². The zero-order chi connectivity index (χ0) is 14.8. The number of esters is 1. The van der Waals surface area contributed by atoms with Crippen LogP contribution in [0.5, 0.6) is 0 Å². The molecule has 1 heterocycles. The first-order chi connectivity index (χ1) is 10.1. The molecule has 0 saturated heterocycles. The van der Waals surface area contributed by atoms with Gasteiger partial charge < -0.3 is 10.5 Å². The number of anilines is 1. The standard InChI is InChI=1S/C15H17N3O3/c16-14(19)13-8-12(15(20)21-9-10-6-7-10)17-18(13)11-4-2-1-3-5-11/h1-5,10,13H,6-9H2,(H2,16,19)/t13-/m0/s1. The highest BCUT2D eigenvalue weighted by molar-refractivity contribution is 6.38. The van der Waals surface area contributed by atoms with E-state index >= 15 is 0 Å². The lowest BCUT2D eigenvalue weighted by atomic mass is 10.1. The summed E-state index contributed by atoms with van der Waals surface area (Å²) < 4.78 is 5.21. The Hall–Kier alpha value is -2.37. The maximum Gasteiger partial charge on any atom is 0.354 e. The van der Waals surface area contributed by atoms with Crippen LogP contribution in [-0.2, 0) is 14.3 Å². The van der Waals surface area contributed by atoms with E-state index in [9.17, 15) is 9.59 Å². The van der Waals surface area contributed by atoms with Crippen LogP contribution in [-0.4, -0.2) is 30.2 Å². The first-order valence-electron chi connectivity index (χ1n) is 7.03. The zero-order valence-corrected chi connectivity index (χ0v) is 11.6. The van der Waals surface area contributed by atoms with Crippen LogP contribution in [0.4, 0.5) is 5.69 Å². The molecule has 1 saturated carbocycles. The Morgan fingerprint density at radius 2 is 2.00 bits per heavy atom. The van der Waals surface area contributed by atoms with Gasteiger partial charge >= 0.3 is 5.97 Å². The predicted molar refractivity (Wildman–Crippen MR) is 77.6 cm³/mol. The van der Waals surface area contributed by atoms with Crippen molar-refractivity contribution in [2.45, 2.75) is 25.3 Å². The normalized spacial score (nSPS) is 21.0. The number of benzene rings is 1. The molecular formula is C15H17N3O3. The average Bonchev–Trinajstić information content (AvgIpc) is 3.21. The van der Waals surface area contributed by atoms with Gasteiger partial charge in [-0.15, -0.1) is 0 Å². The van der Waals surface area contributed by atoms with Crippen LogP contribution in [0.2, 0.25) is 0 Å². The maximum absolute atomic E-state index is 12.0. The molecule has 1 aromatic rings. The van der Waals surface area contributed by atoms with Crippen molar-refractivity contribution in [2.75, 3.05) is 11.6 Å². The van der Waals surface area contributed by atoms with Gasteiger partial charge in [-0.2, -0.15) is 5.10 Å². The maximum atomic E-state index is 12.0. The van der Waals surface area contributed by atoms with Crippen molar-refractivity contribution in [1.82, 2.24) is 0 Å². The molecule has 0 spiro atoms. The number of amides is 1. The molecule has 1 aromatic carbocycles. The Kier molecular flexibility index (Phi) is 3.60. The molecule has 2 aliphatic rings. The molecule has 0 unspecified atom stereocenters. The van der Waals surface area contributed by atoms with Crippen LogP contribution in [0, 0.1) is 5.92 Å². The topological polar surface area (TPSA) is 85.0 Å². The molecule has 1 atom stereocenters. The predicted octanol–water partition coefficient (Wildman–Crippen LogP) is 1.06. The first kappa shape index (κ1) is 13.6. The largest absolute Gasteiger partial charge is 0.461 e. The second kappa shape index (κ2) is 5.55. The lowest BCUT2D eigenvalue weighted by molar-refractivity contribution is -0.136. The van der Waals surface area contributed by atoms with E-state index in [2.05, 4.69) is 5.10 Å². The third kappa shape index (κ3) is 3.04. The third-order valence-electron chi connectivity index (χ3n) is 3.64. The van der Waals surface area contributed by atoms with Gasteiger partial charge in [0.1, 0.15) is 11.8 Å². The molecule has 1 aliphatic carbocycles. The lowest BCUT2D eigenvalue weighted by Gasteiger charge is -2.20. The highest BCUT2D eigenvalue weighted by atomic mass is 16.5. The fourth-order valence-electron chi connectivity index (χ4n) is 2.24. The van der Waals surface area contributed by atoms with Gasteiger partial charge in [-0.3, -0.25) is 9.80 Å². The Morgan fingerprint density at radius 3 is 2.62 bits per heavy atom. The lowest BCUT2D eigenvalue weighted by Crippen LogP contribution is -2.39. The highest BCUT2D eigenvalue weighted by Gasteiger charge is 2.36. The van der Waals surface area contributed by atoms with Gasteiger partial charge in [-0.1, -0.05) is 18.2 Å². The SMILES string of the molecule is NC(=O)[C@@H]1CC(C(=O)OCC2CC2)=NN1c1ccccc1. The van der Waals surface area contributed by atoms with E-state index in [1.807, 2.05) is 30.3 Å². The summed E-state index contributed by atoms with van der Waals surface area (Å²) >= 11 is 0. The van der Waals surface area contributed by atoms with Gasteiger partial charge in [0.15, 0.2) is 0 Å². The van der Waals surface area contributed by atoms with Crippen LogP contribution >= 0.6 is 0 Å². The Morgan fingerprint density at radius 1 is 1.29 bits per heavy atom. The number of rotatable bonds is 5. The van der Waals surface area contributed by atoms with E-state index < -0.39 is 17.9 Å². The number of carbonyl (C=O) groups is 2. The Labute approximate surface area is 122 Å². The fourth-order valence-corrected chi connectivity index (χ4v) is 2.24. The van der Waals surface area contributed by atoms with Crippen molar-refractivity contribution < 1.29 is 14.3 Å².